The van der Waals surface area contributed by atoms with Crippen molar-refractivity contribution in [1.29, 1.82) is 5.26 Å². The number of alkyl halides is 2. The predicted octanol–water partition coefficient (Wildman–Crippen LogP) is 4.09. The number of aliphatic carboxylic acids is 1. The molecule has 2 aromatic carbocycles. The maximum absolute atomic E-state index is 13.9. The topological polar surface area (TPSA) is 78.9 Å². The third-order valence-electron chi connectivity index (χ3n) is 4.11. The number of benzene rings is 2. The molecule has 1 aromatic heterocycles. The zero-order chi connectivity index (χ0) is 19.1. The highest BCUT2D eigenvalue weighted by molar-refractivity contribution is 6.31. The number of halogens is 3. The van der Waals surface area contributed by atoms with Crippen molar-refractivity contribution in [2.75, 3.05) is 0 Å². The molecule has 0 saturated carbocycles. The van der Waals surface area contributed by atoms with Gasteiger partial charge in [0.05, 0.1) is 29.4 Å². The molecule has 8 heteroatoms. The van der Waals surface area contributed by atoms with Crippen LogP contribution in [0.1, 0.15) is 22.4 Å². The van der Waals surface area contributed by atoms with Gasteiger partial charge in [0, 0.05) is 21.5 Å². The van der Waals surface area contributed by atoms with Crippen LogP contribution in [0.5, 0.6) is 0 Å². The normalized spacial score (nSPS) is 11.5. The molecule has 26 heavy (non-hydrogen) atoms. The molecule has 0 amide bonds. The van der Waals surface area contributed by atoms with Crippen molar-refractivity contribution in [3.63, 3.8) is 0 Å². The van der Waals surface area contributed by atoms with Crippen LogP contribution in [0, 0.1) is 18.3 Å². The Balaban J connectivity index is 2.16. The second-order valence-corrected chi connectivity index (χ2v) is 6.14. The zero-order valence-corrected chi connectivity index (χ0v) is 14.3. The van der Waals surface area contributed by atoms with E-state index >= 15 is 0 Å². The Morgan fingerprint density at radius 1 is 1.38 bits per heavy atom. The number of nitriles is 1. The van der Waals surface area contributed by atoms with Crippen molar-refractivity contribution >= 4 is 28.5 Å². The minimum Gasteiger partial charge on any atom is -0.477 e. The lowest BCUT2D eigenvalue weighted by Gasteiger charge is -2.12. The standard InChI is InChI=1S/C18H12ClF2N3O2/c1-10-13-6-5-12(18(20,21)17(25)26)7-16(13)24(23-10)9-14-11(8-22)3-2-4-15(14)19/h2-7H,9H2,1H3,(H,25,26). The first kappa shape index (κ1) is 17.8. The van der Waals surface area contributed by atoms with E-state index in [-0.39, 0.29) is 6.54 Å². The van der Waals surface area contributed by atoms with Crippen LogP contribution in [0.2, 0.25) is 5.02 Å². The molecule has 0 aliphatic rings. The number of hydrogen-bond donors (Lipinski definition) is 1. The summed E-state index contributed by atoms with van der Waals surface area (Å²) in [6.07, 6.45) is 0. The first-order valence-electron chi connectivity index (χ1n) is 7.52. The Labute approximate surface area is 152 Å². The Morgan fingerprint density at radius 3 is 2.77 bits per heavy atom. The number of carbonyl (C=O) groups is 1. The SMILES string of the molecule is Cc1nn(Cc2c(Cl)cccc2C#N)c2cc(C(F)(F)C(=O)O)ccc12. The number of rotatable bonds is 4. The molecular weight excluding hydrogens is 364 g/mol. The fourth-order valence-corrected chi connectivity index (χ4v) is 2.99. The number of nitrogens with zero attached hydrogens (tertiary/aromatic N) is 3. The van der Waals surface area contributed by atoms with Gasteiger partial charge >= 0.3 is 11.9 Å². The van der Waals surface area contributed by atoms with Gasteiger partial charge in [0.1, 0.15) is 0 Å². The number of hydrogen-bond acceptors (Lipinski definition) is 3. The van der Waals surface area contributed by atoms with Crippen molar-refractivity contribution < 1.29 is 18.7 Å². The average molecular weight is 376 g/mol. The second kappa shape index (κ2) is 6.39. The van der Waals surface area contributed by atoms with Gasteiger partial charge in [-0.25, -0.2) is 4.79 Å². The fourth-order valence-electron chi connectivity index (χ4n) is 2.75. The van der Waals surface area contributed by atoms with E-state index in [1.807, 2.05) is 6.07 Å². The van der Waals surface area contributed by atoms with E-state index in [0.717, 1.165) is 12.1 Å². The molecule has 0 fully saturated rings. The zero-order valence-electron chi connectivity index (χ0n) is 13.5. The van der Waals surface area contributed by atoms with Gasteiger partial charge in [-0.1, -0.05) is 29.8 Å². The van der Waals surface area contributed by atoms with E-state index in [1.165, 1.54) is 10.7 Å². The monoisotopic (exact) mass is 375 g/mol. The summed E-state index contributed by atoms with van der Waals surface area (Å²) >= 11 is 6.17. The van der Waals surface area contributed by atoms with E-state index in [1.54, 1.807) is 25.1 Å². The molecule has 0 radical (unpaired) electrons. The number of fused-ring (bicyclic) bond motifs is 1. The van der Waals surface area contributed by atoms with Gasteiger partial charge in [0.15, 0.2) is 0 Å². The minimum absolute atomic E-state index is 0.0923. The van der Waals surface area contributed by atoms with Crippen LogP contribution in [0.25, 0.3) is 10.9 Å². The van der Waals surface area contributed by atoms with Gasteiger partial charge in [-0.05, 0) is 25.1 Å². The first-order chi connectivity index (χ1) is 12.3. The highest BCUT2D eigenvalue weighted by Crippen LogP contribution is 2.32. The molecule has 132 valence electrons. The molecule has 1 heterocycles. The van der Waals surface area contributed by atoms with E-state index < -0.39 is 17.5 Å². The summed E-state index contributed by atoms with van der Waals surface area (Å²) < 4.78 is 29.2. The van der Waals surface area contributed by atoms with E-state index in [9.17, 15) is 18.8 Å². The lowest BCUT2D eigenvalue weighted by molar-refractivity contribution is -0.166. The third kappa shape index (κ3) is 2.89. The van der Waals surface area contributed by atoms with Crippen LogP contribution >= 0.6 is 11.6 Å². The van der Waals surface area contributed by atoms with Gasteiger partial charge < -0.3 is 5.11 Å². The molecule has 0 bridgehead atoms. The third-order valence-corrected chi connectivity index (χ3v) is 4.47. The van der Waals surface area contributed by atoms with Gasteiger partial charge in [-0.3, -0.25) is 4.68 Å². The second-order valence-electron chi connectivity index (χ2n) is 5.73. The maximum atomic E-state index is 13.9. The summed E-state index contributed by atoms with van der Waals surface area (Å²) in [6.45, 7) is 1.81. The first-order valence-corrected chi connectivity index (χ1v) is 7.90. The van der Waals surface area contributed by atoms with E-state index in [2.05, 4.69) is 5.10 Å². The molecule has 3 rings (SSSR count). The number of carboxylic acid groups (broad SMARTS) is 1. The molecule has 0 saturated heterocycles. The summed E-state index contributed by atoms with van der Waals surface area (Å²) in [5.74, 6) is -6.24. The van der Waals surface area contributed by atoms with Gasteiger partial charge in [0.25, 0.3) is 0 Å². The van der Waals surface area contributed by atoms with Gasteiger partial charge in [0.2, 0.25) is 0 Å². The van der Waals surface area contributed by atoms with Crippen LogP contribution in [0.15, 0.2) is 36.4 Å². The van der Waals surface area contributed by atoms with Gasteiger partial charge in [-0.2, -0.15) is 19.1 Å². The molecule has 0 unspecified atom stereocenters. The predicted molar refractivity (Wildman–Crippen MR) is 91.3 cm³/mol. The van der Waals surface area contributed by atoms with Crippen LogP contribution < -0.4 is 0 Å². The van der Waals surface area contributed by atoms with Crippen LogP contribution in [-0.2, 0) is 17.3 Å². The van der Waals surface area contributed by atoms with Crippen molar-refractivity contribution in [2.45, 2.75) is 19.4 Å². The average Bonchev–Trinajstić information content (AvgIpc) is 2.92. The lowest BCUT2D eigenvalue weighted by Crippen LogP contribution is -2.25. The summed E-state index contributed by atoms with van der Waals surface area (Å²) in [7, 11) is 0. The molecule has 1 N–H and O–H groups in total. The Morgan fingerprint density at radius 2 is 2.12 bits per heavy atom. The summed E-state index contributed by atoms with van der Waals surface area (Å²) in [5.41, 5.74) is 1.15. The molecule has 0 atom stereocenters. The summed E-state index contributed by atoms with van der Waals surface area (Å²) in [6, 6.07) is 10.5. The van der Waals surface area contributed by atoms with Crippen LogP contribution in [0.4, 0.5) is 8.78 Å². The van der Waals surface area contributed by atoms with E-state index in [4.69, 9.17) is 16.7 Å². The van der Waals surface area contributed by atoms with Crippen LogP contribution in [-0.4, -0.2) is 20.9 Å². The van der Waals surface area contributed by atoms with Crippen molar-refractivity contribution in [2.24, 2.45) is 0 Å². The smallest absolute Gasteiger partial charge is 0.379 e. The molecule has 0 aliphatic carbocycles. The highest BCUT2D eigenvalue weighted by atomic mass is 35.5. The fraction of sp³-hybridized carbons (Fsp3) is 0.167. The quantitative estimate of drug-likeness (QED) is 0.744. The Hall–Kier alpha value is -2.98. The van der Waals surface area contributed by atoms with Gasteiger partial charge in [-0.15, -0.1) is 0 Å². The van der Waals surface area contributed by atoms with Crippen molar-refractivity contribution in [1.82, 2.24) is 9.78 Å². The number of aromatic nitrogens is 2. The lowest BCUT2D eigenvalue weighted by atomic mass is 10.1. The molecule has 0 aliphatic heterocycles. The summed E-state index contributed by atoms with van der Waals surface area (Å²) in [4.78, 5) is 10.8. The van der Waals surface area contributed by atoms with Crippen LogP contribution in [0.3, 0.4) is 0 Å². The summed E-state index contributed by atoms with van der Waals surface area (Å²) in [5, 5.41) is 23.3. The number of aryl methyl sites for hydroxylation is 1. The molecule has 0 spiro atoms. The van der Waals surface area contributed by atoms with E-state index in [0.29, 0.717) is 32.7 Å². The maximum Gasteiger partial charge on any atom is 0.379 e. The van der Waals surface area contributed by atoms with Crippen molar-refractivity contribution in [3.05, 3.63) is 63.8 Å². The Bertz CT molecular complexity index is 1070. The minimum atomic E-state index is -4.01. The largest absolute Gasteiger partial charge is 0.477 e. The number of carboxylic acids is 1. The highest BCUT2D eigenvalue weighted by Gasteiger charge is 2.41. The molecule has 5 nitrogen and oxygen atoms in total. The van der Waals surface area contributed by atoms with Crippen molar-refractivity contribution in [3.8, 4) is 6.07 Å². The molecular formula is C18H12ClF2N3O2. The Kier molecular flexibility index (Phi) is 4.38. The molecule has 3 aromatic rings.